The van der Waals surface area contributed by atoms with Crippen molar-refractivity contribution in [1.29, 1.82) is 0 Å². The number of carbonyl (C=O) groups excluding carboxylic acids is 1. The van der Waals surface area contributed by atoms with E-state index >= 15 is 0 Å². The van der Waals surface area contributed by atoms with E-state index in [1.807, 2.05) is 29.6 Å². The van der Waals surface area contributed by atoms with Crippen molar-refractivity contribution in [3.8, 4) is 16.5 Å². The van der Waals surface area contributed by atoms with Crippen LogP contribution in [0, 0.1) is 0 Å². The molecule has 0 bridgehead atoms. The van der Waals surface area contributed by atoms with Gasteiger partial charge in [-0.1, -0.05) is 35.3 Å². The van der Waals surface area contributed by atoms with Gasteiger partial charge in [-0.25, -0.2) is 9.97 Å². The lowest BCUT2D eigenvalue weighted by Gasteiger charge is -2.07. The van der Waals surface area contributed by atoms with Crippen molar-refractivity contribution < 1.29 is 9.53 Å². The highest BCUT2D eigenvalue weighted by atomic mass is 35.5. The van der Waals surface area contributed by atoms with Crippen LogP contribution >= 0.6 is 45.9 Å². The van der Waals surface area contributed by atoms with Crippen molar-refractivity contribution in [1.82, 2.24) is 9.97 Å². The normalized spacial score (nSPS) is 10.9. The molecule has 0 saturated heterocycles. The number of para-hydroxylation sites is 1. The molecular weight excluding hydrogens is 425 g/mol. The molecule has 0 spiro atoms. The van der Waals surface area contributed by atoms with E-state index in [1.165, 1.54) is 11.3 Å². The molecule has 0 aliphatic carbocycles. The smallest absolute Gasteiger partial charge is 0.264 e. The van der Waals surface area contributed by atoms with Crippen LogP contribution in [0.4, 0.5) is 5.13 Å². The van der Waals surface area contributed by atoms with E-state index in [2.05, 4.69) is 15.3 Å². The highest BCUT2D eigenvalue weighted by molar-refractivity contribution is 7.22. The van der Waals surface area contributed by atoms with Gasteiger partial charge in [-0.15, -0.1) is 22.7 Å². The van der Waals surface area contributed by atoms with Gasteiger partial charge in [0.25, 0.3) is 5.91 Å². The highest BCUT2D eigenvalue weighted by Crippen LogP contribution is 2.32. The first kappa shape index (κ1) is 18.2. The number of hydrogen-bond donors (Lipinski definition) is 1. The Hall–Kier alpha value is -2.19. The molecule has 27 heavy (non-hydrogen) atoms. The Morgan fingerprint density at radius 3 is 2.81 bits per heavy atom. The van der Waals surface area contributed by atoms with Gasteiger partial charge in [-0.05, 0) is 30.3 Å². The lowest BCUT2D eigenvalue weighted by atomic mass is 10.3. The fourth-order valence-corrected chi connectivity index (χ4v) is 4.48. The van der Waals surface area contributed by atoms with Gasteiger partial charge < -0.3 is 4.74 Å². The van der Waals surface area contributed by atoms with Crippen LogP contribution in [0.25, 0.3) is 20.9 Å². The number of benzene rings is 2. The Morgan fingerprint density at radius 2 is 2.00 bits per heavy atom. The van der Waals surface area contributed by atoms with Crippen molar-refractivity contribution >= 4 is 67.1 Å². The number of carbonyl (C=O) groups is 1. The van der Waals surface area contributed by atoms with Crippen LogP contribution in [-0.4, -0.2) is 22.5 Å². The molecule has 2 aromatic heterocycles. The molecular formula is C18H11Cl2N3O2S2. The third kappa shape index (κ3) is 4.22. The summed E-state index contributed by atoms with van der Waals surface area (Å²) in [4.78, 5) is 21.1. The minimum absolute atomic E-state index is 0.183. The van der Waals surface area contributed by atoms with E-state index in [0.29, 0.717) is 20.9 Å². The van der Waals surface area contributed by atoms with Crippen molar-refractivity contribution in [2.24, 2.45) is 0 Å². The Balaban J connectivity index is 1.40. The molecule has 2 aromatic carbocycles. The fourth-order valence-electron chi connectivity index (χ4n) is 2.30. The number of amides is 1. The Morgan fingerprint density at radius 1 is 1.15 bits per heavy atom. The number of halogens is 2. The maximum absolute atomic E-state index is 12.1. The minimum atomic E-state index is -0.328. The van der Waals surface area contributed by atoms with Gasteiger partial charge in [0.05, 0.1) is 15.2 Å². The van der Waals surface area contributed by atoms with Crippen LogP contribution in [0.5, 0.6) is 5.75 Å². The van der Waals surface area contributed by atoms with Crippen molar-refractivity contribution in [3.05, 3.63) is 57.9 Å². The molecule has 1 amide bonds. The Labute approximate surface area is 172 Å². The molecule has 4 aromatic rings. The second kappa shape index (κ2) is 7.82. The predicted molar refractivity (Wildman–Crippen MR) is 111 cm³/mol. The van der Waals surface area contributed by atoms with E-state index in [9.17, 15) is 4.79 Å². The molecule has 0 unspecified atom stereocenters. The fraction of sp³-hybridized carbons (Fsp3) is 0.0556. The first-order valence-corrected chi connectivity index (χ1v) is 10.2. The van der Waals surface area contributed by atoms with Crippen molar-refractivity contribution in [2.75, 3.05) is 11.9 Å². The van der Waals surface area contributed by atoms with Gasteiger partial charge in [0.15, 0.2) is 11.7 Å². The molecule has 0 fully saturated rings. The van der Waals surface area contributed by atoms with Gasteiger partial charge in [-0.3, -0.25) is 10.1 Å². The van der Waals surface area contributed by atoms with Crippen LogP contribution in [-0.2, 0) is 4.79 Å². The lowest BCUT2D eigenvalue weighted by molar-refractivity contribution is -0.118. The average Bonchev–Trinajstić information content (AvgIpc) is 3.27. The number of ether oxygens (including phenoxy) is 1. The van der Waals surface area contributed by atoms with E-state index in [-0.39, 0.29) is 12.5 Å². The molecule has 2 heterocycles. The number of aromatic nitrogens is 2. The zero-order chi connectivity index (χ0) is 18.8. The number of nitrogens with one attached hydrogen (secondary N) is 1. The number of fused-ring (bicyclic) bond motifs is 1. The summed E-state index contributed by atoms with van der Waals surface area (Å²) in [5.74, 6) is 0.0664. The Bertz CT molecular complexity index is 1090. The topological polar surface area (TPSA) is 64.1 Å². The number of nitrogens with zero attached hydrogens (tertiary/aromatic N) is 2. The zero-order valence-electron chi connectivity index (χ0n) is 13.6. The second-order valence-electron chi connectivity index (χ2n) is 5.44. The van der Waals surface area contributed by atoms with Gasteiger partial charge in [0.1, 0.15) is 16.5 Å². The second-order valence-corrected chi connectivity index (χ2v) is 8.17. The molecule has 0 radical (unpaired) electrons. The number of anilines is 1. The summed E-state index contributed by atoms with van der Waals surface area (Å²) < 4.78 is 6.52. The van der Waals surface area contributed by atoms with Crippen LogP contribution in [0.2, 0.25) is 10.0 Å². The van der Waals surface area contributed by atoms with E-state index in [0.717, 1.165) is 20.9 Å². The van der Waals surface area contributed by atoms with Gasteiger partial charge in [0.2, 0.25) is 0 Å². The lowest BCUT2D eigenvalue weighted by Crippen LogP contribution is -2.20. The molecule has 9 heteroatoms. The summed E-state index contributed by atoms with van der Waals surface area (Å²) in [6.45, 7) is -0.183. The van der Waals surface area contributed by atoms with Crippen LogP contribution < -0.4 is 10.1 Å². The third-order valence-electron chi connectivity index (χ3n) is 3.52. The molecule has 0 atom stereocenters. The maximum atomic E-state index is 12.1. The van der Waals surface area contributed by atoms with Crippen LogP contribution in [0.15, 0.2) is 47.8 Å². The molecule has 1 N–H and O–H groups in total. The molecule has 4 rings (SSSR count). The molecule has 5 nitrogen and oxygen atoms in total. The molecule has 136 valence electrons. The van der Waals surface area contributed by atoms with Gasteiger partial charge in [-0.2, -0.15) is 0 Å². The first-order chi connectivity index (χ1) is 13.1. The van der Waals surface area contributed by atoms with E-state index in [4.69, 9.17) is 27.9 Å². The standard InChI is InChI=1S/C18H11Cl2N3O2S2/c19-10-5-6-14(11(20)7-10)25-8-16(24)23-18-22-13(9-26-18)17-21-12-3-1-2-4-15(12)27-17/h1-7,9H,8H2,(H,22,23,24). The van der Waals surface area contributed by atoms with Crippen LogP contribution in [0.1, 0.15) is 0 Å². The molecule has 0 aliphatic rings. The summed E-state index contributed by atoms with van der Waals surface area (Å²) in [7, 11) is 0. The summed E-state index contributed by atoms with van der Waals surface area (Å²) in [5.41, 5.74) is 1.67. The quantitative estimate of drug-likeness (QED) is 0.433. The summed E-state index contributed by atoms with van der Waals surface area (Å²) >= 11 is 14.8. The summed E-state index contributed by atoms with van der Waals surface area (Å²) in [6.07, 6.45) is 0. The summed E-state index contributed by atoms with van der Waals surface area (Å²) in [6, 6.07) is 12.7. The number of hydrogen-bond acceptors (Lipinski definition) is 6. The van der Waals surface area contributed by atoms with E-state index in [1.54, 1.807) is 29.5 Å². The predicted octanol–water partition coefficient (Wildman–Crippen LogP) is 5.74. The minimum Gasteiger partial charge on any atom is -0.482 e. The van der Waals surface area contributed by atoms with Crippen LogP contribution in [0.3, 0.4) is 0 Å². The molecule has 0 saturated carbocycles. The largest absolute Gasteiger partial charge is 0.482 e. The maximum Gasteiger partial charge on any atom is 0.264 e. The monoisotopic (exact) mass is 435 g/mol. The van der Waals surface area contributed by atoms with Gasteiger partial charge >= 0.3 is 0 Å². The zero-order valence-corrected chi connectivity index (χ0v) is 16.8. The molecule has 0 aliphatic heterocycles. The Kier molecular flexibility index (Phi) is 5.27. The van der Waals surface area contributed by atoms with Gasteiger partial charge in [0, 0.05) is 10.4 Å². The van der Waals surface area contributed by atoms with Crippen molar-refractivity contribution in [3.63, 3.8) is 0 Å². The number of rotatable bonds is 5. The third-order valence-corrected chi connectivity index (χ3v) is 5.86. The van der Waals surface area contributed by atoms with Crippen molar-refractivity contribution in [2.45, 2.75) is 0 Å². The first-order valence-electron chi connectivity index (χ1n) is 7.78. The SMILES string of the molecule is O=C(COc1ccc(Cl)cc1Cl)Nc1nc(-c2nc3ccccc3s2)cs1. The summed E-state index contributed by atoms with van der Waals surface area (Å²) in [5, 5.41) is 6.74. The number of thiazole rings is 2. The van der Waals surface area contributed by atoms with E-state index < -0.39 is 0 Å². The highest BCUT2D eigenvalue weighted by Gasteiger charge is 2.12. The average molecular weight is 436 g/mol.